The number of ether oxygens (including phenoxy) is 1. The fourth-order valence-corrected chi connectivity index (χ4v) is 2.16. The van der Waals surface area contributed by atoms with Gasteiger partial charge in [-0.25, -0.2) is 4.98 Å². The molecule has 0 radical (unpaired) electrons. The molecule has 0 saturated heterocycles. The number of para-hydroxylation sites is 1. The topological polar surface area (TPSA) is 53.1 Å². The highest BCUT2D eigenvalue weighted by atomic mass is 16.5. The van der Waals surface area contributed by atoms with Gasteiger partial charge in [-0.05, 0) is 24.5 Å². The lowest BCUT2D eigenvalue weighted by Gasteiger charge is -2.16. The first-order chi connectivity index (χ1) is 9.27. The third-order valence-electron chi connectivity index (χ3n) is 3.31. The van der Waals surface area contributed by atoms with Crippen LogP contribution in [-0.4, -0.2) is 23.3 Å². The number of hydrogen-bond acceptors (Lipinski definition) is 3. The van der Waals surface area contributed by atoms with Crippen LogP contribution in [0.3, 0.4) is 0 Å². The van der Waals surface area contributed by atoms with E-state index in [4.69, 9.17) is 10.5 Å². The van der Waals surface area contributed by atoms with Crippen molar-refractivity contribution in [1.29, 1.82) is 0 Å². The zero-order valence-electron chi connectivity index (χ0n) is 11.5. The van der Waals surface area contributed by atoms with Crippen LogP contribution in [-0.2, 0) is 11.2 Å². The van der Waals surface area contributed by atoms with Gasteiger partial charge in [0, 0.05) is 13.2 Å². The number of hydrogen-bond donors (Lipinski definition) is 1. The summed E-state index contributed by atoms with van der Waals surface area (Å²) in [6.07, 6.45) is 5.45. The molecule has 0 bridgehead atoms. The van der Waals surface area contributed by atoms with E-state index in [0.29, 0.717) is 6.61 Å². The smallest absolute Gasteiger partial charge is 0.0994 e. The molecule has 0 spiro atoms. The van der Waals surface area contributed by atoms with Crippen LogP contribution in [0.25, 0.3) is 5.69 Å². The van der Waals surface area contributed by atoms with E-state index >= 15 is 0 Å². The largest absolute Gasteiger partial charge is 0.384 e. The van der Waals surface area contributed by atoms with Gasteiger partial charge >= 0.3 is 0 Å². The fraction of sp³-hybridized carbons (Fsp3) is 0.400. The molecule has 0 saturated carbocycles. The second-order valence-electron chi connectivity index (χ2n) is 4.57. The Bertz CT molecular complexity index is 522. The lowest BCUT2D eigenvalue weighted by molar-refractivity contribution is 0.202. The zero-order valence-corrected chi connectivity index (χ0v) is 11.5. The zero-order chi connectivity index (χ0) is 13.7. The standard InChI is InChI=1S/C15H21N3O/c1-3-13(16)15-10-17-11-18(15)14-7-5-4-6-12(14)8-9-19-2/h4-7,10-11,13H,3,8-9,16H2,1-2H3/t13-/m1/s1. The normalized spacial score (nSPS) is 12.6. The Hall–Kier alpha value is -1.65. The van der Waals surface area contributed by atoms with Gasteiger partial charge in [0.05, 0.1) is 30.5 Å². The second kappa shape index (κ2) is 6.50. The summed E-state index contributed by atoms with van der Waals surface area (Å²) < 4.78 is 7.25. The van der Waals surface area contributed by atoms with Crippen LogP contribution in [0.15, 0.2) is 36.8 Å². The van der Waals surface area contributed by atoms with Crippen LogP contribution in [0.2, 0.25) is 0 Å². The van der Waals surface area contributed by atoms with Gasteiger partial charge in [0.1, 0.15) is 0 Å². The van der Waals surface area contributed by atoms with Gasteiger partial charge in [0.15, 0.2) is 0 Å². The first-order valence-corrected chi connectivity index (χ1v) is 6.63. The van der Waals surface area contributed by atoms with Crippen molar-refractivity contribution in [3.05, 3.63) is 48.0 Å². The van der Waals surface area contributed by atoms with Gasteiger partial charge in [-0.15, -0.1) is 0 Å². The number of rotatable bonds is 6. The van der Waals surface area contributed by atoms with Gasteiger partial charge < -0.3 is 15.0 Å². The van der Waals surface area contributed by atoms with E-state index in [2.05, 4.69) is 28.6 Å². The minimum atomic E-state index is 0.0120. The van der Waals surface area contributed by atoms with Crippen LogP contribution in [0, 0.1) is 0 Å². The monoisotopic (exact) mass is 259 g/mol. The van der Waals surface area contributed by atoms with E-state index in [9.17, 15) is 0 Å². The van der Waals surface area contributed by atoms with E-state index in [1.165, 1.54) is 5.56 Å². The summed E-state index contributed by atoms with van der Waals surface area (Å²) in [7, 11) is 1.72. The van der Waals surface area contributed by atoms with Crippen molar-refractivity contribution in [1.82, 2.24) is 9.55 Å². The molecule has 0 aliphatic carbocycles. The molecule has 4 nitrogen and oxygen atoms in total. The number of methoxy groups -OCH3 is 1. The predicted octanol–water partition coefficient (Wildman–Crippen LogP) is 2.47. The van der Waals surface area contributed by atoms with Crippen molar-refractivity contribution in [2.45, 2.75) is 25.8 Å². The molecule has 0 fully saturated rings. The molecule has 1 atom stereocenters. The summed E-state index contributed by atoms with van der Waals surface area (Å²) >= 11 is 0. The predicted molar refractivity (Wildman–Crippen MR) is 76.4 cm³/mol. The lowest BCUT2D eigenvalue weighted by Crippen LogP contribution is -2.14. The maximum absolute atomic E-state index is 6.14. The summed E-state index contributed by atoms with van der Waals surface area (Å²) in [5, 5.41) is 0. The van der Waals surface area contributed by atoms with E-state index < -0.39 is 0 Å². The Balaban J connectivity index is 2.38. The molecular weight excluding hydrogens is 238 g/mol. The fourth-order valence-electron chi connectivity index (χ4n) is 2.16. The van der Waals surface area contributed by atoms with E-state index in [-0.39, 0.29) is 6.04 Å². The first kappa shape index (κ1) is 13.8. The highest BCUT2D eigenvalue weighted by Crippen LogP contribution is 2.21. The van der Waals surface area contributed by atoms with Crippen molar-refractivity contribution in [3.8, 4) is 5.69 Å². The van der Waals surface area contributed by atoms with E-state index in [1.54, 1.807) is 7.11 Å². The molecule has 1 heterocycles. The average Bonchev–Trinajstić information content (AvgIpc) is 2.93. The molecule has 102 valence electrons. The van der Waals surface area contributed by atoms with Gasteiger partial charge in [0.25, 0.3) is 0 Å². The van der Waals surface area contributed by atoms with Crippen molar-refractivity contribution in [2.75, 3.05) is 13.7 Å². The first-order valence-electron chi connectivity index (χ1n) is 6.63. The van der Waals surface area contributed by atoms with E-state index in [1.807, 2.05) is 24.7 Å². The van der Waals surface area contributed by atoms with Crippen molar-refractivity contribution >= 4 is 0 Å². The highest BCUT2D eigenvalue weighted by molar-refractivity contribution is 5.42. The SMILES string of the molecule is CC[C@@H](N)c1cncn1-c1ccccc1CCOC. The number of imidazole rings is 1. The Labute approximate surface area is 114 Å². The molecule has 4 heteroatoms. The highest BCUT2D eigenvalue weighted by Gasteiger charge is 2.13. The molecule has 2 rings (SSSR count). The third kappa shape index (κ3) is 3.03. The van der Waals surface area contributed by atoms with Crippen LogP contribution < -0.4 is 5.73 Å². The third-order valence-corrected chi connectivity index (χ3v) is 3.31. The number of nitrogens with zero attached hydrogens (tertiary/aromatic N) is 2. The molecule has 1 aromatic heterocycles. The van der Waals surface area contributed by atoms with Crippen LogP contribution in [0.5, 0.6) is 0 Å². The summed E-state index contributed by atoms with van der Waals surface area (Å²) in [4.78, 5) is 4.24. The number of benzene rings is 1. The van der Waals surface area contributed by atoms with Crippen LogP contribution >= 0.6 is 0 Å². The average molecular weight is 259 g/mol. The van der Waals surface area contributed by atoms with Gasteiger partial charge in [0.2, 0.25) is 0 Å². The lowest BCUT2D eigenvalue weighted by atomic mass is 10.1. The molecule has 0 aliphatic rings. The molecule has 1 aromatic carbocycles. The number of aromatic nitrogens is 2. The Kier molecular flexibility index (Phi) is 4.71. The molecule has 0 unspecified atom stereocenters. The van der Waals surface area contributed by atoms with Gasteiger partial charge in [-0.3, -0.25) is 0 Å². The Morgan fingerprint density at radius 3 is 2.89 bits per heavy atom. The maximum atomic E-state index is 6.14. The summed E-state index contributed by atoms with van der Waals surface area (Å²) in [5.74, 6) is 0. The van der Waals surface area contributed by atoms with Crippen molar-refractivity contribution < 1.29 is 4.74 Å². The quantitative estimate of drug-likeness (QED) is 0.867. The molecule has 0 aliphatic heterocycles. The molecule has 2 aromatic rings. The van der Waals surface area contributed by atoms with E-state index in [0.717, 1.165) is 24.2 Å². The number of nitrogens with two attached hydrogens (primary N) is 1. The molecule has 19 heavy (non-hydrogen) atoms. The van der Waals surface area contributed by atoms with Gasteiger partial charge in [-0.1, -0.05) is 25.1 Å². The minimum absolute atomic E-state index is 0.0120. The van der Waals surface area contributed by atoms with Crippen LogP contribution in [0.1, 0.15) is 30.6 Å². The van der Waals surface area contributed by atoms with Gasteiger partial charge in [-0.2, -0.15) is 0 Å². The second-order valence-corrected chi connectivity index (χ2v) is 4.57. The minimum Gasteiger partial charge on any atom is -0.384 e. The van der Waals surface area contributed by atoms with Crippen molar-refractivity contribution in [3.63, 3.8) is 0 Å². The summed E-state index contributed by atoms with van der Waals surface area (Å²) in [6.45, 7) is 2.79. The molecule has 0 amide bonds. The molecular formula is C15H21N3O. The maximum Gasteiger partial charge on any atom is 0.0994 e. The summed E-state index contributed by atoms with van der Waals surface area (Å²) in [5.41, 5.74) is 9.57. The summed E-state index contributed by atoms with van der Waals surface area (Å²) in [6, 6.07) is 8.31. The Morgan fingerprint density at radius 2 is 2.16 bits per heavy atom. The van der Waals surface area contributed by atoms with Crippen molar-refractivity contribution in [2.24, 2.45) is 5.73 Å². The Morgan fingerprint density at radius 1 is 1.37 bits per heavy atom. The molecule has 2 N–H and O–H groups in total. The van der Waals surface area contributed by atoms with Crippen LogP contribution in [0.4, 0.5) is 0 Å².